The fraction of sp³-hybridized carbons (Fsp3) is 0.211. The molecule has 4 rings (SSSR count). The Hall–Kier alpha value is -3.83. The number of nitrogens with one attached hydrogen (secondary N) is 1. The number of anilines is 2. The molecule has 3 heterocycles. The van der Waals surface area contributed by atoms with Crippen LogP contribution in [0.2, 0.25) is 0 Å². The number of aromatic nitrogens is 6. The van der Waals surface area contributed by atoms with Crippen LogP contribution in [0, 0.1) is 12.7 Å². The first-order valence-electron chi connectivity index (χ1n) is 9.08. The van der Waals surface area contributed by atoms with Gasteiger partial charge in [0.25, 0.3) is 0 Å². The molecule has 12 heteroatoms. The standard InChI is InChI=1S/C19H15F4N7O/c1-11-25-16(31-29-11)6-9-30-17(12-4-7-24-8-5-12)27-18(28-30)26-13-2-3-15(20)14(10-13)19(21,22)23/h2-5,7-8,10H,6,9H2,1H3,(H,26,28). The molecular weight excluding hydrogens is 418 g/mol. The molecule has 1 aromatic carbocycles. The highest BCUT2D eigenvalue weighted by atomic mass is 19.4. The minimum atomic E-state index is -4.82. The zero-order valence-corrected chi connectivity index (χ0v) is 16.1. The summed E-state index contributed by atoms with van der Waals surface area (Å²) in [6, 6.07) is 6.04. The first kappa shape index (κ1) is 20.4. The Balaban J connectivity index is 1.63. The van der Waals surface area contributed by atoms with Gasteiger partial charge in [-0.3, -0.25) is 4.98 Å². The molecule has 0 saturated heterocycles. The molecule has 0 unspecified atom stereocenters. The molecule has 8 nitrogen and oxygen atoms in total. The highest BCUT2D eigenvalue weighted by Crippen LogP contribution is 2.33. The topological polar surface area (TPSA) is 94.6 Å². The molecule has 0 aliphatic rings. The zero-order chi connectivity index (χ0) is 22.0. The van der Waals surface area contributed by atoms with Crippen LogP contribution in [-0.2, 0) is 19.1 Å². The Morgan fingerprint density at radius 2 is 1.87 bits per heavy atom. The van der Waals surface area contributed by atoms with Crippen LogP contribution in [0.15, 0.2) is 47.2 Å². The summed E-state index contributed by atoms with van der Waals surface area (Å²) in [7, 11) is 0. The van der Waals surface area contributed by atoms with Gasteiger partial charge in [0, 0.05) is 30.1 Å². The molecular formula is C19H15F4N7O. The summed E-state index contributed by atoms with van der Waals surface area (Å²) in [5.41, 5.74) is -0.676. The number of hydrogen-bond acceptors (Lipinski definition) is 7. The number of rotatable bonds is 6. The summed E-state index contributed by atoms with van der Waals surface area (Å²) < 4.78 is 59.2. The Morgan fingerprint density at radius 1 is 1.10 bits per heavy atom. The molecule has 0 aliphatic heterocycles. The number of hydrogen-bond donors (Lipinski definition) is 1. The maximum Gasteiger partial charge on any atom is 0.419 e. The summed E-state index contributed by atoms with van der Waals surface area (Å²) in [4.78, 5) is 12.5. The van der Waals surface area contributed by atoms with E-state index in [0.717, 1.165) is 6.07 Å². The zero-order valence-electron chi connectivity index (χ0n) is 16.1. The van der Waals surface area contributed by atoms with Gasteiger partial charge in [0.15, 0.2) is 11.6 Å². The first-order chi connectivity index (χ1) is 14.8. The average molecular weight is 433 g/mol. The molecule has 0 spiro atoms. The fourth-order valence-electron chi connectivity index (χ4n) is 2.86. The summed E-state index contributed by atoms with van der Waals surface area (Å²) in [5, 5.41) is 10.8. The SMILES string of the molecule is Cc1noc(CCn2nc(Nc3ccc(F)c(C(F)(F)F)c3)nc2-c2ccncc2)n1. The number of alkyl halides is 3. The minimum absolute atomic E-state index is 0.000297. The monoisotopic (exact) mass is 433 g/mol. The van der Waals surface area contributed by atoms with Crippen molar-refractivity contribution in [3.8, 4) is 11.4 Å². The van der Waals surface area contributed by atoms with E-state index in [1.54, 1.807) is 36.1 Å². The number of benzene rings is 1. The van der Waals surface area contributed by atoms with E-state index in [0.29, 0.717) is 42.1 Å². The second-order valence-electron chi connectivity index (χ2n) is 6.52. The van der Waals surface area contributed by atoms with Crippen LogP contribution < -0.4 is 5.32 Å². The van der Waals surface area contributed by atoms with E-state index in [1.165, 1.54) is 6.07 Å². The second kappa shape index (κ2) is 8.13. The van der Waals surface area contributed by atoms with Crippen molar-refractivity contribution in [1.29, 1.82) is 0 Å². The van der Waals surface area contributed by atoms with Crippen molar-refractivity contribution in [1.82, 2.24) is 29.9 Å². The summed E-state index contributed by atoms with van der Waals surface area (Å²) in [6.45, 7) is 2.02. The molecule has 0 radical (unpaired) electrons. The van der Waals surface area contributed by atoms with Gasteiger partial charge in [-0.15, -0.1) is 5.10 Å². The van der Waals surface area contributed by atoms with Crippen LogP contribution in [0.4, 0.5) is 29.2 Å². The van der Waals surface area contributed by atoms with Crippen molar-refractivity contribution < 1.29 is 22.1 Å². The first-order valence-corrected chi connectivity index (χ1v) is 9.08. The van der Waals surface area contributed by atoms with E-state index in [9.17, 15) is 17.6 Å². The molecule has 4 aromatic rings. The normalized spacial score (nSPS) is 11.6. The number of nitrogens with zero attached hydrogens (tertiary/aromatic N) is 6. The van der Waals surface area contributed by atoms with E-state index in [4.69, 9.17) is 4.52 Å². The molecule has 1 N–H and O–H groups in total. The summed E-state index contributed by atoms with van der Waals surface area (Å²) in [5.74, 6) is 0.0648. The smallest absolute Gasteiger partial charge is 0.339 e. The van der Waals surface area contributed by atoms with Crippen LogP contribution in [0.3, 0.4) is 0 Å². The Bertz CT molecular complexity index is 1190. The van der Waals surface area contributed by atoms with Crippen molar-refractivity contribution in [3.05, 3.63) is 65.8 Å². The van der Waals surface area contributed by atoms with Gasteiger partial charge in [-0.1, -0.05) is 5.16 Å². The summed E-state index contributed by atoms with van der Waals surface area (Å²) in [6.07, 6.45) is -1.29. The van der Waals surface area contributed by atoms with E-state index in [2.05, 4.69) is 30.5 Å². The van der Waals surface area contributed by atoms with Gasteiger partial charge in [0.05, 0.1) is 12.1 Å². The fourth-order valence-corrected chi connectivity index (χ4v) is 2.86. The highest BCUT2D eigenvalue weighted by molar-refractivity contribution is 5.60. The lowest BCUT2D eigenvalue weighted by Gasteiger charge is -2.10. The highest BCUT2D eigenvalue weighted by Gasteiger charge is 2.34. The molecule has 0 atom stereocenters. The van der Waals surface area contributed by atoms with Crippen molar-refractivity contribution in [2.24, 2.45) is 0 Å². The second-order valence-corrected chi connectivity index (χ2v) is 6.52. The van der Waals surface area contributed by atoms with E-state index in [-0.39, 0.29) is 11.6 Å². The van der Waals surface area contributed by atoms with Crippen molar-refractivity contribution >= 4 is 11.6 Å². The average Bonchev–Trinajstić information content (AvgIpc) is 3.33. The predicted octanol–water partition coefficient (Wildman–Crippen LogP) is 4.18. The molecule has 0 fully saturated rings. The molecule has 0 saturated carbocycles. The van der Waals surface area contributed by atoms with Crippen LogP contribution in [0.1, 0.15) is 17.3 Å². The maximum absolute atomic E-state index is 13.5. The Morgan fingerprint density at radius 3 is 2.55 bits per heavy atom. The van der Waals surface area contributed by atoms with Crippen LogP contribution in [-0.4, -0.2) is 29.9 Å². The quantitative estimate of drug-likeness (QED) is 0.456. The van der Waals surface area contributed by atoms with Gasteiger partial charge in [-0.25, -0.2) is 9.07 Å². The molecule has 0 aliphatic carbocycles. The van der Waals surface area contributed by atoms with Gasteiger partial charge in [0.1, 0.15) is 5.82 Å². The molecule has 160 valence electrons. The Kier molecular flexibility index (Phi) is 5.36. The minimum Gasteiger partial charge on any atom is -0.339 e. The molecule has 3 aromatic heterocycles. The van der Waals surface area contributed by atoms with Gasteiger partial charge >= 0.3 is 6.18 Å². The van der Waals surface area contributed by atoms with Gasteiger partial charge in [-0.2, -0.15) is 23.1 Å². The van der Waals surface area contributed by atoms with Crippen LogP contribution >= 0.6 is 0 Å². The van der Waals surface area contributed by atoms with Crippen molar-refractivity contribution in [2.45, 2.75) is 26.1 Å². The number of halogens is 4. The van der Waals surface area contributed by atoms with Crippen LogP contribution in [0.5, 0.6) is 0 Å². The lowest BCUT2D eigenvalue weighted by Crippen LogP contribution is -2.09. The van der Waals surface area contributed by atoms with E-state index < -0.39 is 17.6 Å². The van der Waals surface area contributed by atoms with E-state index in [1.807, 2.05) is 0 Å². The number of aryl methyl sites for hydroxylation is 3. The molecule has 31 heavy (non-hydrogen) atoms. The van der Waals surface area contributed by atoms with E-state index >= 15 is 0 Å². The van der Waals surface area contributed by atoms with Gasteiger partial charge in [0.2, 0.25) is 11.8 Å². The van der Waals surface area contributed by atoms with Crippen LogP contribution in [0.25, 0.3) is 11.4 Å². The van der Waals surface area contributed by atoms with Gasteiger partial charge in [-0.05, 0) is 37.3 Å². The lowest BCUT2D eigenvalue weighted by atomic mass is 10.2. The third-order valence-corrected chi connectivity index (χ3v) is 4.25. The third-order valence-electron chi connectivity index (χ3n) is 4.25. The summed E-state index contributed by atoms with van der Waals surface area (Å²) >= 11 is 0. The molecule has 0 bridgehead atoms. The van der Waals surface area contributed by atoms with Gasteiger partial charge < -0.3 is 9.84 Å². The molecule has 0 amide bonds. The predicted molar refractivity (Wildman–Crippen MR) is 101 cm³/mol. The van der Waals surface area contributed by atoms with Crippen molar-refractivity contribution in [3.63, 3.8) is 0 Å². The lowest BCUT2D eigenvalue weighted by molar-refractivity contribution is -0.139. The Labute approximate surface area is 173 Å². The third kappa shape index (κ3) is 4.68. The number of pyridine rings is 1. The van der Waals surface area contributed by atoms with Crippen molar-refractivity contribution in [2.75, 3.05) is 5.32 Å². The largest absolute Gasteiger partial charge is 0.419 e. The maximum atomic E-state index is 13.5.